The maximum absolute atomic E-state index is 5.79. The molecule has 0 aliphatic carbocycles. The first kappa shape index (κ1) is 10.2. The maximum atomic E-state index is 5.79. The molecule has 0 bridgehead atoms. The highest BCUT2D eigenvalue weighted by molar-refractivity contribution is 6.30. The summed E-state index contributed by atoms with van der Waals surface area (Å²) in [6.07, 6.45) is 0.712. The molecule has 0 radical (unpaired) electrons. The molecule has 15 heavy (non-hydrogen) atoms. The van der Waals surface area contributed by atoms with Crippen molar-refractivity contribution < 1.29 is 4.52 Å². The van der Waals surface area contributed by atoms with Gasteiger partial charge in [0, 0.05) is 24.1 Å². The van der Waals surface area contributed by atoms with Crippen LogP contribution in [0.25, 0.3) is 0 Å². The van der Waals surface area contributed by atoms with Crippen molar-refractivity contribution in [2.75, 3.05) is 0 Å². The summed E-state index contributed by atoms with van der Waals surface area (Å²) in [6, 6.07) is 9.52. The Bertz CT molecular complexity index is 436. The molecule has 2 aromatic rings. The van der Waals surface area contributed by atoms with E-state index in [0.29, 0.717) is 13.0 Å². The van der Waals surface area contributed by atoms with Crippen LogP contribution < -0.4 is 5.73 Å². The average molecular weight is 223 g/mol. The second-order valence-electron chi connectivity index (χ2n) is 3.29. The first-order valence-corrected chi connectivity index (χ1v) is 5.04. The van der Waals surface area contributed by atoms with Crippen LogP contribution >= 0.6 is 11.6 Å². The first-order chi connectivity index (χ1) is 7.28. The molecule has 0 aliphatic heterocycles. The summed E-state index contributed by atoms with van der Waals surface area (Å²) < 4.78 is 5.13. The molecule has 0 amide bonds. The SMILES string of the molecule is NCc1cc(Cc2ccc(Cl)cc2)on1. The summed E-state index contributed by atoms with van der Waals surface area (Å²) in [4.78, 5) is 0. The van der Waals surface area contributed by atoms with Gasteiger partial charge in [-0.25, -0.2) is 0 Å². The number of nitrogens with zero attached hydrogens (tertiary/aromatic N) is 1. The molecule has 1 aromatic carbocycles. The summed E-state index contributed by atoms with van der Waals surface area (Å²) in [5.74, 6) is 0.817. The second-order valence-corrected chi connectivity index (χ2v) is 3.73. The summed E-state index contributed by atoms with van der Waals surface area (Å²) in [6.45, 7) is 0.407. The molecule has 0 atom stereocenters. The summed E-state index contributed by atoms with van der Waals surface area (Å²) in [5, 5.41) is 4.56. The third-order valence-electron chi connectivity index (χ3n) is 2.11. The van der Waals surface area contributed by atoms with E-state index in [-0.39, 0.29) is 0 Å². The largest absolute Gasteiger partial charge is 0.361 e. The zero-order valence-electron chi connectivity index (χ0n) is 8.11. The van der Waals surface area contributed by atoms with Crippen molar-refractivity contribution in [2.24, 2.45) is 5.73 Å². The van der Waals surface area contributed by atoms with Gasteiger partial charge in [0.2, 0.25) is 0 Å². The van der Waals surface area contributed by atoms with Crippen LogP contribution in [0.1, 0.15) is 17.0 Å². The molecule has 2 rings (SSSR count). The molecule has 0 saturated carbocycles. The zero-order valence-corrected chi connectivity index (χ0v) is 8.87. The van der Waals surface area contributed by atoms with Crippen LogP contribution in [0, 0.1) is 0 Å². The minimum atomic E-state index is 0.407. The lowest BCUT2D eigenvalue weighted by Gasteiger charge is -1.96. The number of benzene rings is 1. The van der Waals surface area contributed by atoms with Crippen LogP contribution in [-0.4, -0.2) is 5.16 Å². The van der Waals surface area contributed by atoms with Gasteiger partial charge >= 0.3 is 0 Å². The molecular weight excluding hydrogens is 212 g/mol. The normalized spacial score (nSPS) is 10.5. The lowest BCUT2D eigenvalue weighted by molar-refractivity contribution is 0.383. The molecule has 4 heteroatoms. The topological polar surface area (TPSA) is 52.0 Å². The lowest BCUT2D eigenvalue weighted by Crippen LogP contribution is -1.95. The van der Waals surface area contributed by atoms with Crippen molar-refractivity contribution in [3.05, 3.63) is 52.4 Å². The van der Waals surface area contributed by atoms with Crippen LogP contribution in [0.3, 0.4) is 0 Å². The van der Waals surface area contributed by atoms with E-state index in [2.05, 4.69) is 5.16 Å². The highest BCUT2D eigenvalue weighted by Crippen LogP contribution is 2.14. The van der Waals surface area contributed by atoms with E-state index < -0.39 is 0 Å². The van der Waals surface area contributed by atoms with Gasteiger partial charge in [-0.05, 0) is 17.7 Å². The van der Waals surface area contributed by atoms with E-state index >= 15 is 0 Å². The molecule has 0 spiro atoms. The third kappa shape index (κ3) is 2.58. The number of halogens is 1. The number of hydrogen-bond donors (Lipinski definition) is 1. The van der Waals surface area contributed by atoms with Crippen LogP contribution in [0.4, 0.5) is 0 Å². The molecule has 3 nitrogen and oxygen atoms in total. The Morgan fingerprint density at radius 3 is 2.60 bits per heavy atom. The Labute approximate surface area is 92.8 Å². The van der Waals surface area contributed by atoms with Crippen molar-refractivity contribution in [3.8, 4) is 0 Å². The number of nitrogens with two attached hydrogens (primary N) is 1. The van der Waals surface area contributed by atoms with Crippen LogP contribution in [-0.2, 0) is 13.0 Å². The molecule has 0 unspecified atom stereocenters. The highest BCUT2D eigenvalue weighted by Gasteiger charge is 2.03. The van der Waals surface area contributed by atoms with Crippen molar-refractivity contribution in [1.82, 2.24) is 5.16 Å². The molecule has 0 saturated heterocycles. The molecular formula is C11H11ClN2O. The van der Waals surface area contributed by atoms with Gasteiger partial charge in [0.1, 0.15) is 5.76 Å². The molecule has 0 aliphatic rings. The van der Waals surface area contributed by atoms with E-state index in [1.165, 1.54) is 0 Å². The van der Waals surface area contributed by atoms with Gasteiger partial charge in [-0.15, -0.1) is 0 Å². The van der Waals surface area contributed by atoms with E-state index in [1.54, 1.807) is 0 Å². The zero-order chi connectivity index (χ0) is 10.7. The number of hydrogen-bond acceptors (Lipinski definition) is 3. The van der Waals surface area contributed by atoms with Crippen molar-refractivity contribution in [1.29, 1.82) is 0 Å². The first-order valence-electron chi connectivity index (χ1n) is 4.67. The predicted molar refractivity (Wildman–Crippen MR) is 58.7 cm³/mol. The van der Waals surface area contributed by atoms with E-state index in [9.17, 15) is 0 Å². The molecule has 1 aromatic heterocycles. The standard InChI is InChI=1S/C11H11ClN2O/c12-9-3-1-8(2-4-9)5-11-6-10(7-13)14-15-11/h1-4,6H,5,7,13H2. The van der Waals surface area contributed by atoms with Crippen LogP contribution in [0.15, 0.2) is 34.9 Å². The molecule has 1 heterocycles. The van der Waals surface area contributed by atoms with Gasteiger partial charge in [-0.3, -0.25) is 0 Å². The Balaban J connectivity index is 2.11. The van der Waals surface area contributed by atoms with Gasteiger partial charge in [0.15, 0.2) is 0 Å². The van der Waals surface area contributed by atoms with Crippen LogP contribution in [0.2, 0.25) is 5.02 Å². The lowest BCUT2D eigenvalue weighted by atomic mass is 10.1. The molecule has 0 fully saturated rings. The fourth-order valence-electron chi connectivity index (χ4n) is 1.34. The molecule has 78 valence electrons. The van der Waals surface area contributed by atoms with E-state index in [4.69, 9.17) is 21.9 Å². The van der Waals surface area contributed by atoms with Crippen molar-refractivity contribution in [2.45, 2.75) is 13.0 Å². The van der Waals surface area contributed by atoms with E-state index in [0.717, 1.165) is 22.0 Å². The summed E-state index contributed by atoms with van der Waals surface area (Å²) >= 11 is 5.79. The summed E-state index contributed by atoms with van der Waals surface area (Å²) in [5.41, 5.74) is 7.35. The van der Waals surface area contributed by atoms with Crippen molar-refractivity contribution >= 4 is 11.6 Å². The Morgan fingerprint density at radius 1 is 1.27 bits per heavy atom. The quantitative estimate of drug-likeness (QED) is 0.868. The Hall–Kier alpha value is -1.32. The van der Waals surface area contributed by atoms with Gasteiger partial charge in [-0.1, -0.05) is 28.9 Å². The van der Waals surface area contributed by atoms with Gasteiger partial charge in [-0.2, -0.15) is 0 Å². The minimum absolute atomic E-state index is 0.407. The minimum Gasteiger partial charge on any atom is -0.361 e. The van der Waals surface area contributed by atoms with Gasteiger partial charge in [0.25, 0.3) is 0 Å². The second kappa shape index (κ2) is 4.47. The van der Waals surface area contributed by atoms with Crippen LogP contribution in [0.5, 0.6) is 0 Å². The van der Waals surface area contributed by atoms with E-state index in [1.807, 2.05) is 30.3 Å². The van der Waals surface area contributed by atoms with Crippen molar-refractivity contribution in [3.63, 3.8) is 0 Å². The predicted octanol–water partition coefficient (Wildman–Crippen LogP) is 2.38. The third-order valence-corrected chi connectivity index (χ3v) is 2.36. The molecule has 2 N–H and O–H groups in total. The smallest absolute Gasteiger partial charge is 0.141 e. The maximum Gasteiger partial charge on any atom is 0.141 e. The number of rotatable bonds is 3. The summed E-state index contributed by atoms with van der Waals surface area (Å²) in [7, 11) is 0. The fourth-order valence-corrected chi connectivity index (χ4v) is 1.46. The highest BCUT2D eigenvalue weighted by atomic mass is 35.5. The average Bonchev–Trinajstić information content (AvgIpc) is 2.69. The fraction of sp³-hybridized carbons (Fsp3) is 0.182. The monoisotopic (exact) mass is 222 g/mol. The van der Waals surface area contributed by atoms with Gasteiger partial charge < -0.3 is 10.3 Å². The Kier molecular flexibility index (Phi) is 3.04. The number of aromatic nitrogens is 1. The Morgan fingerprint density at radius 2 is 2.00 bits per heavy atom. The van der Waals surface area contributed by atoms with Gasteiger partial charge in [0.05, 0.1) is 5.69 Å².